The van der Waals surface area contributed by atoms with Crippen LogP contribution in [0.1, 0.15) is 5.56 Å². The van der Waals surface area contributed by atoms with E-state index in [1.165, 1.54) is 0 Å². The summed E-state index contributed by atoms with van der Waals surface area (Å²) in [5.74, 6) is 0.841. The van der Waals surface area contributed by atoms with Crippen LogP contribution >= 0.6 is 12.2 Å². The van der Waals surface area contributed by atoms with Crippen molar-refractivity contribution >= 4 is 23.3 Å². The molecule has 0 saturated heterocycles. The fraction of sp³-hybridized carbons (Fsp3) is 0.133. The third kappa shape index (κ3) is 2.39. The molecule has 0 saturated carbocycles. The van der Waals surface area contributed by atoms with E-state index in [0.29, 0.717) is 6.61 Å². The molecule has 1 aromatic heterocycles. The second kappa shape index (κ2) is 4.90. The Labute approximate surface area is 116 Å². The maximum absolute atomic E-state index is 5.79. The predicted molar refractivity (Wildman–Crippen MR) is 78.9 cm³/mol. The Morgan fingerprint density at radius 3 is 2.74 bits per heavy atom. The zero-order valence-corrected chi connectivity index (χ0v) is 11.4. The fourth-order valence-electron chi connectivity index (χ4n) is 2.05. The molecule has 0 bridgehead atoms. The highest BCUT2D eigenvalue weighted by Gasteiger charge is 2.03. The quantitative estimate of drug-likeness (QED) is 0.733. The van der Waals surface area contributed by atoms with Crippen LogP contribution in [0.5, 0.6) is 5.75 Å². The highest BCUT2D eigenvalue weighted by Crippen LogP contribution is 2.20. The van der Waals surface area contributed by atoms with Crippen molar-refractivity contribution in [2.24, 2.45) is 7.05 Å². The molecule has 1 heterocycles. The van der Waals surface area contributed by atoms with Gasteiger partial charge in [-0.1, -0.05) is 30.3 Å². The highest BCUT2D eigenvalue weighted by molar-refractivity contribution is 7.71. The summed E-state index contributed by atoms with van der Waals surface area (Å²) in [4.78, 5) is 3.16. The molecule has 3 nitrogen and oxygen atoms in total. The number of hydrogen-bond acceptors (Lipinski definition) is 2. The van der Waals surface area contributed by atoms with Crippen molar-refractivity contribution in [1.82, 2.24) is 9.55 Å². The minimum Gasteiger partial charge on any atom is -0.489 e. The smallest absolute Gasteiger partial charge is 0.177 e. The lowest BCUT2D eigenvalue weighted by Gasteiger charge is -2.06. The molecule has 19 heavy (non-hydrogen) atoms. The topological polar surface area (TPSA) is 29.9 Å². The first-order valence-corrected chi connectivity index (χ1v) is 6.50. The van der Waals surface area contributed by atoms with Gasteiger partial charge in [0, 0.05) is 13.1 Å². The lowest BCUT2D eigenvalue weighted by atomic mass is 10.2. The standard InChI is InChI=1S/C15H14N2OS/c1-17-14-8-7-12(9-13(14)16-15(17)19)18-10-11-5-3-2-4-6-11/h2-9H,10H2,1H3,(H,16,19). The van der Waals surface area contributed by atoms with Gasteiger partial charge in [0.1, 0.15) is 12.4 Å². The van der Waals surface area contributed by atoms with Gasteiger partial charge >= 0.3 is 0 Å². The largest absolute Gasteiger partial charge is 0.489 e. The van der Waals surface area contributed by atoms with E-state index in [-0.39, 0.29) is 0 Å². The van der Waals surface area contributed by atoms with Crippen LogP contribution in [-0.4, -0.2) is 9.55 Å². The number of rotatable bonds is 3. The first-order chi connectivity index (χ1) is 9.24. The molecule has 96 valence electrons. The summed E-state index contributed by atoms with van der Waals surface area (Å²) in [6.07, 6.45) is 0. The van der Waals surface area contributed by atoms with E-state index < -0.39 is 0 Å². The summed E-state index contributed by atoms with van der Waals surface area (Å²) in [7, 11) is 1.95. The van der Waals surface area contributed by atoms with Gasteiger partial charge in [0.05, 0.1) is 11.0 Å². The molecule has 0 aliphatic rings. The first kappa shape index (κ1) is 12.0. The van der Waals surface area contributed by atoms with Crippen LogP contribution < -0.4 is 4.74 Å². The average molecular weight is 270 g/mol. The maximum Gasteiger partial charge on any atom is 0.177 e. The fourth-order valence-corrected chi connectivity index (χ4v) is 2.26. The Bertz CT molecular complexity index is 759. The summed E-state index contributed by atoms with van der Waals surface area (Å²) in [6, 6.07) is 16.1. The van der Waals surface area contributed by atoms with E-state index in [1.54, 1.807) is 0 Å². The molecule has 0 aliphatic heterocycles. The van der Waals surface area contributed by atoms with Crippen LogP contribution in [0, 0.1) is 4.77 Å². The van der Waals surface area contributed by atoms with E-state index in [0.717, 1.165) is 27.1 Å². The molecule has 3 rings (SSSR count). The summed E-state index contributed by atoms with van der Waals surface area (Å²) >= 11 is 5.21. The zero-order valence-electron chi connectivity index (χ0n) is 10.6. The third-order valence-corrected chi connectivity index (χ3v) is 3.50. The Morgan fingerprint density at radius 1 is 1.16 bits per heavy atom. The number of aryl methyl sites for hydroxylation is 1. The molecule has 3 aromatic rings. The number of H-pyrrole nitrogens is 1. The molecule has 0 fully saturated rings. The number of nitrogens with zero attached hydrogens (tertiary/aromatic N) is 1. The minimum absolute atomic E-state index is 0.569. The SMILES string of the molecule is Cn1c(=S)[nH]c2cc(OCc3ccccc3)ccc21. The Kier molecular flexibility index (Phi) is 3.09. The van der Waals surface area contributed by atoms with Crippen molar-refractivity contribution < 1.29 is 4.74 Å². The van der Waals surface area contributed by atoms with Crippen molar-refractivity contribution in [1.29, 1.82) is 0 Å². The molecular weight excluding hydrogens is 256 g/mol. The zero-order chi connectivity index (χ0) is 13.2. The number of fused-ring (bicyclic) bond motifs is 1. The normalized spacial score (nSPS) is 10.8. The van der Waals surface area contributed by atoms with Crippen molar-refractivity contribution in [3.05, 3.63) is 58.9 Å². The Hall–Kier alpha value is -2.07. The van der Waals surface area contributed by atoms with Gasteiger partial charge in [-0.15, -0.1) is 0 Å². The van der Waals surface area contributed by atoms with Gasteiger partial charge in [-0.2, -0.15) is 0 Å². The van der Waals surface area contributed by atoms with Crippen LogP contribution in [0.4, 0.5) is 0 Å². The molecule has 0 radical (unpaired) electrons. The van der Waals surface area contributed by atoms with Crippen molar-refractivity contribution in [3.8, 4) is 5.75 Å². The number of aromatic nitrogens is 2. The number of benzene rings is 2. The molecule has 0 atom stereocenters. The number of imidazole rings is 1. The minimum atomic E-state index is 0.569. The number of aromatic amines is 1. The van der Waals surface area contributed by atoms with Crippen molar-refractivity contribution in [2.75, 3.05) is 0 Å². The second-order valence-corrected chi connectivity index (χ2v) is 4.83. The van der Waals surface area contributed by atoms with Crippen LogP contribution in [0.25, 0.3) is 11.0 Å². The van der Waals surface area contributed by atoms with Crippen LogP contribution in [0.2, 0.25) is 0 Å². The van der Waals surface area contributed by atoms with Crippen molar-refractivity contribution in [2.45, 2.75) is 6.61 Å². The number of hydrogen-bond donors (Lipinski definition) is 1. The lowest BCUT2D eigenvalue weighted by Crippen LogP contribution is -1.94. The molecule has 0 unspecified atom stereocenters. The van der Waals surface area contributed by atoms with E-state index >= 15 is 0 Å². The van der Waals surface area contributed by atoms with Gasteiger partial charge in [0.25, 0.3) is 0 Å². The second-order valence-electron chi connectivity index (χ2n) is 4.44. The summed E-state index contributed by atoms with van der Waals surface area (Å²) in [6.45, 7) is 0.569. The molecule has 0 aliphatic carbocycles. The summed E-state index contributed by atoms with van der Waals surface area (Å²) in [5, 5.41) is 0. The Morgan fingerprint density at radius 2 is 1.95 bits per heavy atom. The van der Waals surface area contributed by atoms with E-state index in [9.17, 15) is 0 Å². The lowest BCUT2D eigenvalue weighted by molar-refractivity contribution is 0.306. The molecule has 0 spiro atoms. The van der Waals surface area contributed by atoms with Crippen LogP contribution in [0.15, 0.2) is 48.5 Å². The molecular formula is C15H14N2OS. The monoisotopic (exact) mass is 270 g/mol. The van der Waals surface area contributed by atoms with Gasteiger partial charge in [-0.3, -0.25) is 0 Å². The molecule has 2 aromatic carbocycles. The van der Waals surface area contributed by atoms with E-state index in [1.807, 2.05) is 48.0 Å². The van der Waals surface area contributed by atoms with E-state index in [4.69, 9.17) is 17.0 Å². The van der Waals surface area contributed by atoms with Gasteiger partial charge in [0.2, 0.25) is 0 Å². The van der Waals surface area contributed by atoms with Gasteiger partial charge in [-0.05, 0) is 29.9 Å². The van der Waals surface area contributed by atoms with Gasteiger partial charge in [0.15, 0.2) is 4.77 Å². The average Bonchev–Trinajstić information content (AvgIpc) is 2.73. The predicted octanol–water partition coefficient (Wildman–Crippen LogP) is 3.81. The van der Waals surface area contributed by atoms with Gasteiger partial charge in [-0.25, -0.2) is 0 Å². The molecule has 0 amide bonds. The first-order valence-electron chi connectivity index (χ1n) is 6.09. The summed E-state index contributed by atoms with van der Waals surface area (Å²) < 4.78 is 8.45. The Balaban J connectivity index is 1.84. The number of nitrogens with one attached hydrogen (secondary N) is 1. The third-order valence-electron chi connectivity index (χ3n) is 3.12. The van der Waals surface area contributed by atoms with Crippen LogP contribution in [0.3, 0.4) is 0 Å². The number of ether oxygens (including phenoxy) is 1. The van der Waals surface area contributed by atoms with Gasteiger partial charge < -0.3 is 14.3 Å². The maximum atomic E-state index is 5.79. The molecule has 1 N–H and O–H groups in total. The van der Waals surface area contributed by atoms with E-state index in [2.05, 4.69) is 17.1 Å². The summed E-state index contributed by atoms with van der Waals surface area (Å²) in [5.41, 5.74) is 3.23. The van der Waals surface area contributed by atoms with Crippen molar-refractivity contribution in [3.63, 3.8) is 0 Å². The molecule has 4 heteroatoms. The van der Waals surface area contributed by atoms with Crippen LogP contribution in [-0.2, 0) is 13.7 Å². The highest BCUT2D eigenvalue weighted by atomic mass is 32.1.